The van der Waals surface area contributed by atoms with E-state index in [0.717, 1.165) is 24.0 Å². The number of nitrogens with zero attached hydrogens (tertiary/aromatic N) is 5. The average molecular weight is 488 g/mol. The Hall–Kier alpha value is -4.27. The molecule has 0 aliphatic carbocycles. The van der Waals surface area contributed by atoms with E-state index in [1.165, 1.54) is 17.8 Å². The van der Waals surface area contributed by atoms with Crippen molar-refractivity contribution in [2.75, 3.05) is 6.54 Å². The number of carboxylic acid groups (broad SMARTS) is 1. The topological polar surface area (TPSA) is 92.7 Å². The molecule has 0 bridgehead atoms. The van der Waals surface area contributed by atoms with Gasteiger partial charge < -0.3 is 14.6 Å². The molecule has 1 aromatic carbocycles. The molecule has 0 saturated heterocycles. The van der Waals surface area contributed by atoms with Crippen LogP contribution in [0.25, 0.3) is 23.0 Å². The van der Waals surface area contributed by atoms with Crippen LogP contribution in [0.4, 0.5) is 4.39 Å². The first kappa shape index (κ1) is 23.5. The fourth-order valence-corrected chi connectivity index (χ4v) is 4.79. The van der Waals surface area contributed by atoms with E-state index in [0.29, 0.717) is 35.6 Å². The minimum Gasteiger partial charge on any atom is -0.478 e. The molecule has 9 heteroatoms. The van der Waals surface area contributed by atoms with Crippen molar-refractivity contribution < 1.29 is 19.1 Å². The first-order valence-corrected chi connectivity index (χ1v) is 11.8. The van der Waals surface area contributed by atoms with Gasteiger partial charge in [-0.15, -0.1) is 0 Å². The molecule has 1 atom stereocenters. The lowest BCUT2D eigenvalue weighted by Crippen LogP contribution is -2.41. The number of amides is 1. The predicted octanol–water partition coefficient (Wildman–Crippen LogP) is 4.52. The Kier molecular flexibility index (Phi) is 5.91. The van der Waals surface area contributed by atoms with Gasteiger partial charge in [0.05, 0.1) is 11.7 Å². The van der Waals surface area contributed by atoms with Crippen LogP contribution in [-0.2, 0) is 17.8 Å². The second kappa shape index (κ2) is 9.07. The first-order chi connectivity index (χ1) is 17.3. The number of rotatable bonds is 5. The van der Waals surface area contributed by atoms with Crippen molar-refractivity contribution in [2.24, 2.45) is 0 Å². The number of hydrogen-bond donors (Lipinski definition) is 1. The Morgan fingerprint density at radius 2 is 1.97 bits per heavy atom. The minimum absolute atomic E-state index is 0.0775. The third kappa shape index (κ3) is 4.06. The molecule has 8 nitrogen and oxygen atoms in total. The molecule has 4 heterocycles. The highest BCUT2D eigenvalue weighted by Crippen LogP contribution is 2.29. The fourth-order valence-electron chi connectivity index (χ4n) is 4.79. The summed E-state index contributed by atoms with van der Waals surface area (Å²) in [4.78, 5) is 30.7. The molecule has 0 spiro atoms. The van der Waals surface area contributed by atoms with Crippen molar-refractivity contribution in [1.29, 1.82) is 0 Å². The monoisotopic (exact) mass is 487 g/mol. The summed E-state index contributed by atoms with van der Waals surface area (Å²) in [6.45, 7) is 7.39. The fraction of sp³-hybridized carbons (Fsp3) is 0.259. The number of hydrogen-bond acceptors (Lipinski definition) is 4. The van der Waals surface area contributed by atoms with Gasteiger partial charge in [0.15, 0.2) is 5.65 Å². The van der Waals surface area contributed by atoms with Crippen molar-refractivity contribution in [3.05, 3.63) is 82.7 Å². The Morgan fingerprint density at radius 3 is 2.69 bits per heavy atom. The molecule has 3 aromatic heterocycles. The quantitative estimate of drug-likeness (QED) is 0.418. The van der Waals surface area contributed by atoms with Gasteiger partial charge in [0.25, 0.3) is 5.91 Å². The normalized spacial score (nSPS) is 15.6. The van der Waals surface area contributed by atoms with Gasteiger partial charge in [-0.25, -0.2) is 18.7 Å². The van der Waals surface area contributed by atoms with E-state index in [4.69, 9.17) is 5.11 Å². The van der Waals surface area contributed by atoms with E-state index < -0.39 is 11.8 Å². The van der Waals surface area contributed by atoms with Crippen molar-refractivity contribution in [3.63, 3.8) is 0 Å². The van der Waals surface area contributed by atoms with Crippen LogP contribution in [0.2, 0.25) is 0 Å². The van der Waals surface area contributed by atoms with Crippen molar-refractivity contribution >= 4 is 23.6 Å². The number of aromatic nitrogens is 4. The minimum atomic E-state index is -1.11. The molecular weight excluding hydrogens is 461 g/mol. The summed E-state index contributed by atoms with van der Waals surface area (Å²) in [5.41, 5.74) is 4.96. The second-order valence-corrected chi connectivity index (χ2v) is 8.92. The third-order valence-electron chi connectivity index (χ3n) is 6.72. The van der Waals surface area contributed by atoms with Crippen LogP contribution < -0.4 is 0 Å². The molecule has 184 valence electrons. The molecule has 1 aliphatic heterocycles. The molecule has 1 unspecified atom stereocenters. The van der Waals surface area contributed by atoms with Crippen LogP contribution >= 0.6 is 0 Å². The molecule has 0 radical (unpaired) electrons. The van der Waals surface area contributed by atoms with E-state index in [1.54, 1.807) is 28.8 Å². The van der Waals surface area contributed by atoms with Gasteiger partial charge in [-0.1, -0.05) is 13.0 Å². The highest BCUT2D eigenvalue weighted by molar-refractivity contribution is 5.93. The number of carboxylic acids is 1. The average Bonchev–Trinajstić information content (AvgIpc) is 3.46. The number of aryl methyl sites for hydroxylation is 2. The summed E-state index contributed by atoms with van der Waals surface area (Å²) < 4.78 is 18.7. The van der Waals surface area contributed by atoms with Gasteiger partial charge >= 0.3 is 5.97 Å². The third-order valence-corrected chi connectivity index (χ3v) is 6.72. The molecule has 4 aromatic rings. The maximum absolute atomic E-state index is 14.9. The zero-order valence-corrected chi connectivity index (χ0v) is 20.3. The van der Waals surface area contributed by atoms with Crippen molar-refractivity contribution in [3.8, 4) is 11.3 Å². The Labute approximate surface area is 207 Å². The van der Waals surface area contributed by atoms with Crippen LogP contribution in [0.15, 0.2) is 48.5 Å². The first-order valence-electron chi connectivity index (χ1n) is 11.8. The maximum atomic E-state index is 14.9. The van der Waals surface area contributed by atoms with Gasteiger partial charge in [0, 0.05) is 47.9 Å². The zero-order chi connectivity index (χ0) is 25.6. The summed E-state index contributed by atoms with van der Waals surface area (Å²) in [5, 5.41) is 13.3. The van der Waals surface area contributed by atoms with Crippen LogP contribution in [0.5, 0.6) is 0 Å². The second-order valence-electron chi connectivity index (χ2n) is 8.92. The Balaban J connectivity index is 1.49. The van der Waals surface area contributed by atoms with E-state index in [2.05, 4.69) is 33.7 Å². The highest BCUT2D eigenvalue weighted by Gasteiger charge is 2.30. The lowest BCUT2D eigenvalue weighted by Gasteiger charge is -2.35. The number of benzene rings is 1. The number of carbonyl (C=O) groups is 2. The lowest BCUT2D eigenvalue weighted by molar-refractivity contribution is -0.131. The Morgan fingerprint density at radius 1 is 1.17 bits per heavy atom. The summed E-state index contributed by atoms with van der Waals surface area (Å²) in [6, 6.07) is 11.9. The summed E-state index contributed by atoms with van der Waals surface area (Å²) in [6.07, 6.45) is 2.89. The molecule has 0 fully saturated rings. The smallest absolute Gasteiger partial charge is 0.328 e. The predicted molar refractivity (Wildman–Crippen MR) is 133 cm³/mol. The highest BCUT2D eigenvalue weighted by atomic mass is 19.1. The van der Waals surface area contributed by atoms with Gasteiger partial charge in [-0.3, -0.25) is 4.79 Å². The van der Waals surface area contributed by atoms with Crippen LogP contribution in [0.3, 0.4) is 0 Å². The van der Waals surface area contributed by atoms with Gasteiger partial charge in [0.2, 0.25) is 0 Å². The summed E-state index contributed by atoms with van der Waals surface area (Å²) in [7, 11) is 0. The lowest BCUT2D eigenvalue weighted by atomic mass is 10.1. The number of halogens is 1. The van der Waals surface area contributed by atoms with Gasteiger partial charge in [-0.05, 0) is 62.2 Å². The molecule has 1 N–H and O–H groups in total. The molecule has 0 saturated carbocycles. The van der Waals surface area contributed by atoms with E-state index in [9.17, 15) is 14.0 Å². The largest absolute Gasteiger partial charge is 0.478 e. The Bertz CT molecular complexity index is 1530. The van der Waals surface area contributed by atoms with Gasteiger partial charge in [0.1, 0.15) is 11.5 Å². The zero-order valence-electron chi connectivity index (χ0n) is 20.3. The summed E-state index contributed by atoms with van der Waals surface area (Å²) >= 11 is 0. The van der Waals surface area contributed by atoms with Gasteiger partial charge in [-0.2, -0.15) is 5.10 Å². The maximum Gasteiger partial charge on any atom is 0.328 e. The van der Waals surface area contributed by atoms with Crippen LogP contribution in [0, 0.1) is 12.7 Å². The molecule has 36 heavy (non-hydrogen) atoms. The molecule has 1 aliphatic rings. The van der Waals surface area contributed by atoms with Crippen molar-refractivity contribution in [1.82, 2.24) is 24.1 Å². The standard InChI is InChI=1S/C27H26FN5O3/c1-4-19-14-23(27(36)32-12-11-31-16(2)5-9-24(31)17(32)3)29-25-15-22(30-33(19)25)20-8-6-18(13-21(20)28)7-10-26(34)35/h5-10,13-15,17H,4,11-12H2,1-3H3,(H,34,35)/b10-7+. The van der Waals surface area contributed by atoms with E-state index in [-0.39, 0.29) is 17.5 Å². The molecule has 5 rings (SSSR count). The summed E-state index contributed by atoms with van der Waals surface area (Å²) in [5.74, 6) is -1.78. The van der Waals surface area contributed by atoms with E-state index >= 15 is 0 Å². The van der Waals surface area contributed by atoms with Crippen LogP contribution in [0.1, 0.15) is 53.0 Å². The van der Waals surface area contributed by atoms with E-state index in [1.807, 2.05) is 18.7 Å². The number of fused-ring (bicyclic) bond motifs is 2. The number of aliphatic carboxylic acids is 1. The van der Waals surface area contributed by atoms with Crippen LogP contribution in [-0.4, -0.2) is 47.6 Å². The molecule has 1 amide bonds. The van der Waals surface area contributed by atoms with Crippen molar-refractivity contribution in [2.45, 2.75) is 39.8 Å². The molecular formula is C27H26FN5O3. The number of carbonyl (C=O) groups excluding carboxylic acids is 1. The SMILES string of the molecule is CCc1cc(C(=O)N2CCn3c(C)ccc3C2C)nc2cc(-c3ccc(/C=C/C(=O)O)cc3F)nn12.